The predicted molar refractivity (Wildman–Crippen MR) is 67.3 cm³/mol. The zero-order valence-corrected chi connectivity index (χ0v) is 12.3. The molecular formula is C10H10F4O6S2. The number of hydrogen-bond acceptors (Lipinski definition) is 6. The van der Waals surface area contributed by atoms with Gasteiger partial charge in [-0.05, 0) is 24.3 Å². The van der Waals surface area contributed by atoms with E-state index in [1.807, 2.05) is 0 Å². The van der Waals surface area contributed by atoms with E-state index in [9.17, 15) is 34.4 Å². The van der Waals surface area contributed by atoms with Crippen molar-refractivity contribution < 1.29 is 42.8 Å². The topological polar surface area (TPSA) is 86.7 Å². The molecule has 0 spiro atoms. The van der Waals surface area contributed by atoms with Gasteiger partial charge in [0.25, 0.3) is 12.9 Å². The Kier molecular flexibility index (Phi) is 6.00. The Bertz CT molecular complexity index is 624. The average Bonchev–Trinajstić information content (AvgIpc) is 2.27. The maximum absolute atomic E-state index is 12.0. The predicted octanol–water partition coefficient (Wildman–Crippen LogP) is 1.63. The van der Waals surface area contributed by atoms with Crippen LogP contribution in [0.3, 0.4) is 0 Å². The van der Waals surface area contributed by atoms with Gasteiger partial charge in [-0.1, -0.05) is 0 Å². The van der Waals surface area contributed by atoms with Crippen molar-refractivity contribution in [2.45, 2.75) is 12.9 Å². The highest BCUT2D eigenvalue weighted by Gasteiger charge is 2.21. The van der Waals surface area contributed by atoms with Crippen molar-refractivity contribution in [3.05, 3.63) is 24.3 Å². The second kappa shape index (κ2) is 7.13. The van der Waals surface area contributed by atoms with E-state index in [0.29, 0.717) is 0 Å². The summed E-state index contributed by atoms with van der Waals surface area (Å²) < 4.78 is 101. The third-order valence-corrected chi connectivity index (χ3v) is 4.14. The normalized spacial score (nSPS) is 12.6. The van der Waals surface area contributed by atoms with Gasteiger partial charge in [0.15, 0.2) is 0 Å². The Morgan fingerprint density at radius 3 is 1.23 bits per heavy atom. The molecule has 0 unspecified atom stereocenters. The zero-order chi connectivity index (χ0) is 17.0. The van der Waals surface area contributed by atoms with Crippen LogP contribution >= 0.6 is 0 Å². The Labute approximate surface area is 123 Å². The molecule has 0 radical (unpaired) electrons. The molecule has 0 N–H and O–H groups in total. The second-order valence-electron chi connectivity index (χ2n) is 3.87. The Hall–Kier alpha value is -1.56. The van der Waals surface area contributed by atoms with Crippen LogP contribution in [-0.4, -0.2) is 41.2 Å². The first-order valence-corrected chi connectivity index (χ1v) is 8.65. The quantitative estimate of drug-likeness (QED) is 0.513. The molecule has 126 valence electrons. The van der Waals surface area contributed by atoms with E-state index in [1.165, 1.54) is 0 Å². The number of benzene rings is 1. The molecule has 0 heterocycles. The third-order valence-electron chi connectivity index (χ3n) is 1.93. The lowest BCUT2D eigenvalue weighted by Crippen LogP contribution is -2.19. The maximum Gasteiger partial charge on any atom is 0.314 e. The van der Waals surface area contributed by atoms with Gasteiger partial charge in [0.2, 0.25) is 0 Å². The molecule has 0 fully saturated rings. The maximum atomic E-state index is 12.0. The lowest BCUT2D eigenvalue weighted by atomic mass is 10.3. The van der Waals surface area contributed by atoms with Gasteiger partial charge in [-0.3, -0.25) is 0 Å². The molecule has 6 nitrogen and oxygen atoms in total. The van der Waals surface area contributed by atoms with Gasteiger partial charge >= 0.3 is 20.2 Å². The summed E-state index contributed by atoms with van der Waals surface area (Å²) in [5, 5.41) is 0. The number of rotatable bonds is 8. The molecular weight excluding hydrogens is 356 g/mol. The van der Waals surface area contributed by atoms with E-state index in [4.69, 9.17) is 0 Å². The molecule has 1 aromatic rings. The van der Waals surface area contributed by atoms with E-state index < -0.39 is 44.6 Å². The number of alkyl halides is 4. The minimum atomic E-state index is -4.51. The van der Waals surface area contributed by atoms with Crippen LogP contribution in [0.25, 0.3) is 0 Å². The molecule has 22 heavy (non-hydrogen) atoms. The lowest BCUT2D eigenvalue weighted by molar-refractivity contribution is 0.171. The van der Waals surface area contributed by atoms with Gasteiger partial charge in [-0.25, -0.2) is 17.6 Å². The molecule has 0 aromatic heterocycles. The highest BCUT2D eigenvalue weighted by atomic mass is 32.2. The summed E-state index contributed by atoms with van der Waals surface area (Å²) >= 11 is 0. The van der Waals surface area contributed by atoms with Crippen molar-refractivity contribution in [1.29, 1.82) is 0 Å². The Balaban J connectivity index is 2.75. The van der Waals surface area contributed by atoms with E-state index in [0.717, 1.165) is 24.3 Å². The monoisotopic (exact) mass is 366 g/mol. The van der Waals surface area contributed by atoms with Gasteiger partial charge in [-0.15, -0.1) is 0 Å². The second-order valence-corrected chi connectivity index (χ2v) is 7.10. The van der Waals surface area contributed by atoms with Gasteiger partial charge in [0.05, 0.1) is 0 Å². The molecule has 0 aliphatic rings. The van der Waals surface area contributed by atoms with Crippen molar-refractivity contribution in [2.75, 3.05) is 11.5 Å². The third kappa shape index (κ3) is 6.93. The van der Waals surface area contributed by atoms with Crippen LogP contribution in [0.5, 0.6) is 11.5 Å². The first-order chi connectivity index (χ1) is 9.99. The summed E-state index contributed by atoms with van der Waals surface area (Å²) in [5.74, 6) is -3.74. The van der Waals surface area contributed by atoms with Crippen LogP contribution in [0.1, 0.15) is 0 Å². The highest BCUT2D eigenvalue weighted by molar-refractivity contribution is 7.87. The fraction of sp³-hybridized carbons (Fsp3) is 0.400. The van der Waals surface area contributed by atoms with Crippen molar-refractivity contribution >= 4 is 20.2 Å². The summed E-state index contributed by atoms with van der Waals surface area (Å²) in [6, 6.07) is 3.71. The average molecular weight is 366 g/mol. The molecule has 0 aliphatic heterocycles. The van der Waals surface area contributed by atoms with Crippen molar-refractivity contribution in [3.8, 4) is 11.5 Å². The minimum absolute atomic E-state index is 0.362. The van der Waals surface area contributed by atoms with Crippen LogP contribution in [0, 0.1) is 0 Å². The lowest BCUT2D eigenvalue weighted by Gasteiger charge is -2.08. The number of halogens is 4. The van der Waals surface area contributed by atoms with E-state index in [-0.39, 0.29) is 11.5 Å². The van der Waals surface area contributed by atoms with Crippen LogP contribution in [0.2, 0.25) is 0 Å². The fourth-order valence-electron chi connectivity index (χ4n) is 1.22. The molecule has 1 rings (SSSR count). The van der Waals surface area contributed by atoms with Gasteiger partial charge in [-0.2, -0.15) is 16.8 Å². The summed E-state index contributed by atoms with van der Waals surface area (Å²) in [4.78, 5) is 0. The minimum Gasteiger partial charge on any atom is -0.382 e. The van der Waals surface area contributed by atoms with Crippen molar-refractivity contribution in [3.63, 3.8) is 0 Å². The van der Waals surface area contributed by atoms with E-state index >= 15 is 0 Å². The van der Waals surface area contributed by atoms with Gasteiger partial charge in [0.1, 0.15) is 23.0 Å². The van der Waals surface area contributed by atoms with Crippen molar-refractivity contribution in [1.82, 2.24) is 0 Å². The standard InChI is InChI=1S/C10H10F4O6S2/c11-9(12)5-21(15,16)19-7-1-2-8(4-3-7)20-22(17,18)6-10(13)14/h1-4,9-10H,5-6H2. The van der Waals surface area contributed by atoms with Crippen LogP contribution in [-0.2, 0) is 20.2 Å². The van der Waals surface area contributed by atoms with E-state index in [1.54, 1.807) is 0 Å². The van der Waals surface area contributed by atoms with Gasteiger partial charge in [0, 0.05) is 0 Å². The van der Waals surface area contributed by atoms with Crippen LogP contribution in [0.15, 0.2) is 24.3 Å². The molecule has 0 bridgehead atoms. The molecule has 0 saturated carbocycles. The summed E-state index contributed by atoms with van der Waals surface area (Å²) in [5.41, 5.74) is 0. The Morgan fingerprint density at radius 1 is 0.727 bits per heavy atom. The zero-order valence-electron chi connectivity index (χ0n) is 10.7. The first kappa shape index (κ1) is 18.5. The SMILES string of the molecule is O=S(=O)(CC(F)F)Oc1ccc(OS(=O)(=O)CC(F)F)cc1. The summed E-state index contributed by atoms with van der Waals surface area (Å²) in [6.07, 6.45) is -6.24. The molecule has 0 amide bonds. The molecule has 1 aromatic carbocycles. The van der Waals surface area contributed by atoms with Crippen LogP contribution in [0.4, 0.5) is 17.6 Å². The number of hydrogen-bond donors (Lipinski definition) is 0. The van der Waals surface area contributed by atoms with E-state index in [2.05, 4.69) is 8.37 Å². The summed E-state index contributed by atoms with van der Waals surface area (Å²) in [6.45, 7) is 0. The molecule has 0 atom stereocenters. The highest BCUT2D eigenvalue weighted by Crippen LogP contribution is 2.21. The fourth-order valence-corrected chi connectivity index (χ4v) is 2.78. The Morgan fingerprint density at radius 2 is 1.00 bits per heavy atom. The first-order valence-electron chi connectivity index (χ1n) is 5.50. The molecule has 0 aliphatic carbocycles. The van der Waals surface area contributed by atoms with Crippen molar-refractivity contribution in [2.24, 2.45) is 0 Å². The van der Waals surface area contributed by atoms with Crippen LogP contribution < -0.4 is 8.37 Å². The molecule has 0 saturated heterocycles. The molecule has 12 heteroatoms. The largest absolute Gasteiger partial charge is 0.382 e. The smallest absolute Gasteiger partial charge is 0.314 e. The summed E-state index contributed by atoms with van der Waals surface area (Å²) in [7, 11) is -9.01. The van der Waals surface area contributed by atoms with Gasteiger partial charge < -0.3 is 8.37 Å².